The first-order valence-electron chi connectivity index (χ1n) is 18.3. The van der Waals surface area contributed by atoms with Gasteiger partial charge in [0, 0.05) is 0 Å². The molecule has 0 aliphatic rings. The first kappa shape index (κ1) is 27.0. The van der Waals surface area contributed by atoms with E-state index in [0.29, 0.717) is 0 Å². The average molecular weight is 653 g/mol. The fourth-order valence-corrected chi connectivity index (χ4v) is 10.4. The smallest absolute Gasteiger partial charge is 0.000696 e. The number of hydrogen-bond donors (Lipinski definition) is 0. The summed E-state index contributed by atoms with van der Waals surface area (Å²) in [6, 6.07) is 63.9. The van der Waals surface area contributed by atoms with Crippen molar-refractivity contribution in [2.45, 2.75) is 0 Å². The molecule has 0 amide bonds. The fourth-order valence-electron chi connectivity index (χ4n) is 10.4. The van der Waals surface area contributed by atoms with Crippen LogP contribution in [-0.2, 0) is 0 Å². The van der Waals surface area contributed by atoms with Crippen molar-refractivity contribution in [1.82, 2.24) is 0 Å². The first-order valence-corrected chi connectivity index (χ1v) is 18.3. The predicted molar refractivity (Wildman–Crippen MR) is 226 cm³/mol. The molecule has 0 saturated heterocycles. The third-order valence-corrected chi connectivity index (χ3v) is 12.2. The van der Waals surface area contributed by atoms with Crippen molar-refractivity contribution in [2.75, 3.05) is 0 Å². The van der Waals surface area contributed by atoms with Crippen LogP contribution in [0.1, 0.15) is 0 Å². The van der Waals surface area contributed by atoms with Crippen LogP contribution >= 0.6 is 0 Å². The Kier molecular flexibility index (Phi) is 4.94. The van der Waals surface area contributed by atoms with Gasteiger partial charge in [-0.15, -0.1) is 0 Å². The van der Waals surface area contributed by atoms with E-state index >= 15 is 0 Å². The number of benzene rings is 11. The molecule has 0 radical (unpaired) electrons. The Bertz CT molecular complexity index is 3590. The van der Waals surface area contributed by atoms with Gasteiger partial charge in [0.05, 0.1) is 0 Å². The summed E-state index contributed by atoms with van der Waals surface area (Å²) < 4.78 is 0. The van der Waals surface area contributed by atoms with E-state index in [1.165, 1.54) is 130 Å². The van der Waals surface area contributed by atoms with E-state index in [1.807, 2.05) is 0 Å². The van der Waals surface area contributed by atoms with E-state index in [0.717, 1.165) is 0 Å². The Balaban J connectivity index is 1.36. The Morgan fingerprint density at radius 3 is 1.46 bits per heavy atom. The molecule has 0 spiro atoms. The molecule has 0 heteroatoms. The Morgan fingerprint density at radius 1 is 0.212 bits per heavy atom. The molecule has 0 nitrogen and oxygen atoms in total. The van der Waals surface area contributed by atoms with Crippen molar-refractivity contribution in [2.24, 2.45) is 0 Å². The first-order chi connectivity index (χ1) is 25.8. The third-order valence-electron chi connectivity index (χ3n) is 12.2. The molecule has 0 aliphatic carbocycles. The van der Waals surface area contributed by atoms with Gasteiger partial charge in [0.25, 0.3) is 0 Å². The van der Waals surface area contributed by atoms with Crippen molar-refractivity contribution in [3.8, 4) is 22.3 Å². The highest BCUT2D eigenvalue weighted by Gasteiger charge is 2.26. The summed E-state index contributed by atoms with van der Waals surface area (Å²) >= 11 is 0. The molecule has 0 saturated carbocycles. The monoisotopic (exact) mass is 652 g/mol. The Morgan fingerprint density at radius 2 is 0.712 bits per heavy atom. The van der Waals surface area contributed by atoms with Crippen molar-refractivity contribution in [3.63, 3.8) is 0 Å². The molecule has 0 unspecified atom stereocenters. The summed E-state index contributed by atoms with van der Waals surface area (Å²) in [7, 11) is 0. The van der Waals surface area contributed by atoms with Gasteiger partial charge in [-0.3, -0.25) is 0 Å². The average Bonchev–Trinajstić information content (AvgIpc) is 3.71. The lowest BCUT2D eigenvalue weighted by atomic mass is 9.82. The van der Waals surface area contributed by atoms with Crippen LogP contribution in [0.15, 0.2) is 170 Å². The molecule has 13 rings (SSSR count). The van der Waals surface area contributed by atoms with Crippen LogP contribution in [0.3, 0.4) is 0 Å². The maximum absolute atomic E-state index is 2.47. The summed E-state index contributed by atoms with van der Waals surface area (Å²) in [6.07, 6.45) is 0. The minimum Gasteiger partial charge on any atom is -0.0622 e. The molecular weight excluding hydrogens is 625 g/mol. The largest absolute Gasteiger partial charge is 0.0622 e. The highest BCUT2D eigenvalue weighted by atomic mass is 14.3. The van der Waals surface area contributed by atoms with Crippen molar-refractivity contribution >= 4 is 108 Å². The van der Waals surface area contributed by atoms with Crippen LogP contribution in [0.25, 0.3) is 130 Å². The molecule has 0 heterocycles. The number of fused-ring (bicyclic) bond motifs is 10. The second-order valence-corrected chi connectivity index (χ2v) is 14.6. The quantitative estimate of drug-likeness (QED) is 0.129. The summed E-state index contributed by atoms with van der Waals surface area (Å²) in [5, 5.41) is 27.0. The fraction of sp³-hybridized carbons (Fsp3) is 0. The van der Waals surface area contributed by atoms with Gasteiger partial charge >= 0.3 is 0 Å². The molecule has 13 aromatic rings. The van der Waals surface area contributed by atoms with Crippen LogP contribution in [-0.4, -0.2) is 0 Å². The molecule has 0 aliphatic heterocycles. The van der Waals surface area contributed by atoms with Gasteiger partial charge in [-0.05, 0) is 136 Å². The van der Waals surface area contributed by atoms with Crippen molar-refractivity contribution in [1.29, 1.82) is 0 Å². The highest BCUT2D eigenvalue weighted by molar-refractivity contribution is 6.51. The van der Waals surface area contributed by atoms with E-state index in [2.05, 4.69) is 170 Å². The predicted octanol–water partition coefficient (Wildman–Crippen LogP) is 14.9. The van der Waals surface area contributed by atoms with Gasteiger partial charge in [-0.1, -0.05) is 164 Å². The highest BCUT2D eigenvalue weighted by Crippen LogP contribution is 2.55. The van der Waals surface area contributed by atoms with Gasteiger partial charge in [-0.25, -0.2) is 0 Å². The molecule has 0 aromatic heterocycles. The Hall–Kier alpha value is -6.76. The standard InChI is InChI=1S/C52H28/c1-3-12-29(13-4-1)33-26-27-41-46-34(33)20-10-24-39(46)52-50(41)44(31-14-5-2-6-15-31)37-23-11-25-40-47(37)51(52)38-22-9-18-32-28-42-35-19-7-16-30-17-8-21-36(43(30)35)48(42)49(40)45(32)38/h1-28H. The molecule has 0 fully saturated rings. The SMILES string of the molecule is c1ccc(-c2ccc3c4c(-c5ccccc5)c5cccc6c5c(c5cccc7cc8c9cccc%10cccc(c%109)c8c6c75)c4c4cccc2c34)cc1. The van der Waals surface area contributed by atoms with E-state index in [4.69, 9.17) is 0 Å². The van der Waals surface area contributed by atoms with Crippen molar-refractivity contribution in [3.05, 3.63) is 170 Å². The molecule has 52 heavy (non-hydrogen) atoms. The van der Waals surface area contributed by atoms with E-state index in [-0.39, 0.29) is 0 Å². The van der Waals surface area contributed by atoms with Crippen LogP contribution in [0.4, 0.5) is 0 Å². The second-order valence-electron chi connectivity index (χ2n) is 14.6. The molecule has 0 atom stereocenters. The zero-order chi connectivity index (χ0) is 33.7. The normalized spacial score (nSPS) is 12.6. The summed E-state index contributed by atoms with van der Waals surface area (Å²) in [5.41, 5.74) is 5.12. The van der Waals surface area contributed by atoms with E-state index in [9.17, 15) is 0 Å². The van der Waals surface area contributed by atoms with Gasteiger partial charge in [-0.2, -0.15) is 0 Å². The van der Waals surface area contributed by atoms with Gasteiger partial charge < -0.3 is 0 Å². The van der Waals surface area contributed by atoms with E-state index < -0.39 is 0 Å². The van der Waals surface area contributed by atoms with Crippen LogP contribution in [0, 0.1) is 0 Å². The third kappa shape index (κ3) is 3.16. The molecule has 0 N–H and O–H groups in total. The molecule has 13 aromatic carbocycles. The topological polar surface area (TPSA) is 0 Å². The van der Waals surface area contributed by atoms with E-state index in [1.54, 1.807) is 0 Å². The van der Waals surface area contributed by atoms with Gasteiger partial charge in [0.1, 0.15) is 0 Å². The molecule has 0 bridgehead atoms. The second kappa shape index (κ2) is 9.51. The summed E-state index contributed by atoms with van der Waals surface area (Å²) in [5.74, 6) is 0. The lowest BCUT2D eigenvalue weighted by Gasteiger charge is -2.20. The Labute approximate surface area is 298 Å². The molecular formula is C52H28. The summed E-state index contributed by atoms with van der Waals surface area (Å²) in [4.78, 5) is 0. The minimum atomic E-state index is 1.25. The van der Waals surface area contributed by atoms with Crippen LogP contribution in [0.2, 0.25) is 0 Å². The zero-order valence-electron chi connectivity index (χ0n) is 28.2. The van der Waals surface area contributed by atoms with Crippen LogP contribution < -0.4 is 0 Å². The number of hydrogen-bond acceptors (Lipinski definition) is 0. The molecule has 236 valence electrons. The zero-order valence-corrected chi connectivity index (χ0v) is 28.2. The van der Waals surface area contributed by atoms with Gasteiger partial charge in [0.15, 0.2) is 0 Å². The van der Waals surface area contributed by atoms with Crippen molar-refractivity contribution < 1.29 is 0 Å². The number of rotatable bonds is 2. The maximum Gasteiger partial charge on any atom is -0.000696 e. The summed E-state index contributed by atoms with van der Waals surface area (Å²) in [6.45, 7) is 0. The lowest BCUT2D eigenvalue weighted by Crippen LogP contribution is -1.91. The minimum absolute atomic E-state index is 1.25. The van der Waals surface area contributed by atoms with Crippen LogP contribution in [0.5, 0.6) is 0 Å². The lowest BCUT2D eigenvalue weighted by molar-refractivity contribution is 1.67. The van der Waals surface area contributed by atoms with Gasteiger partial charge in [0.2, 0.25) is 0 Å². The maximum atomic E-state index is 2.47.